The third kappa shape index (κ3) is 1.42. The molecule has 0 spiro atoms. The van der Waals surface area contributed by atoms with Gasteiger partial charge in [0.1, 0.15) is 0 Å². The van der Waals surface area contributed by atoms with E-state index in [-0.39, 0.29) is 0 Å². The Hall–Kier alpha value is -1.68. The fourth-order valence-corrected chi connectivity index (χ4v) is 2.14. The molecule has 1 aliphatic heterocycles. The van der Waals surface area contributed by atoms with E-state index in [1.807, 2.05) is 26.0 Å². The van der Waals surface area contributed by atoms with Gasteiger partial charge in [-0.15, -0.1) is 0 Å². The van der Waals surface area contributed by atoms with Crippen molar-refractivity contribution in [3.05, 3.63) is 28.8 Å². The normalized spacial score (nSPS) is 14.6. The van der Waals surface area contributed by atoms with E-state index in [0.29, 0.717) is 24.3 Å². The number of Topliss-reactive ketones (excluding diaryl/α,β-unsaturated/α-hetero) is 1. The van der Waals surface area contributed by atoms with Gasteiger partial charge in [-0.3, -0.25) is 9.59 Å². The van der Waals surface area contributed by atoms with Crippen LogP contribution in [0.15, 0.2) is 12.1 Å². The van der Waals surface area contributed by atoms with E-state index in [0.717, 1.165) is 11.1 Å². The van der Waals surface area contributed by atoms with E-state index < -0.39 is 11.7 Å². The van der Waals surface area contributed by atoms with Crippen LogP contribution < -0.4 is 10.6 Å². The molecule has 0 aromatic heterocycles. The summed E-state index contributed by atoms with van der Waals surface area (Å²) < 4.78 is 0. The van der Waals surface area contributed by atoms with Crippen LogP contribution in [0.5, 0.6) is 0 Å². The molecule has 0 aliphatic carbocycles. The first kappa shape index (κ1) is 10.8. The van der Waals surface area contributed by atoms with Gasteiger partial charge >= 0.3 is 0 Å². The molecule has 16 heavy (non-hydrogen) atoms. The van der Waals surface area contributed by atoms with Crippen LogP contribution in [0.3, 0.4) is 0 Å². The molecular formula is C12H14N2O2. The summed E-state index contributed by atoms with van der Waals surface area (Å²) in [6.45, 7) is 4.54. The summed E-state index contributed by atoms with van der Waals surface area (Å²) >= 11 is 0. The lowest BCUT2D eigenvalue weighted by Gasteiger charge is -2.15. The number of anilines is 1. The highest BCUT2D eigenvalue weighted by atomic mass is 16.2. The standard InChI is InChI=1S/C12H14N2O2/c1-7-5-8(2)10-9(6-7)14(4-3-13)12(16)11(10)15/h5-6H,3-4,13H2,1-2H3. The molecule has 1 heterocycles. The average molecular weight is 218 g/mol. The maximum atomic E-state index is 11.8. The maximum absolute atomic E-state index is 11.8. The number of ketones is 1. The highest BCUT2D eigenvalue weighted by Gasteiger charge is 2.36. The number of hydrogen-bond acceptors (Lipinski definition) is 3. The van der Waals surface area contributed by atoms with Gasteiger partial charge in [-0.1, -0.05) is 6.07 Å². The zero-order valence-electron chi connectivity index (χ0n) is 9.41. The molecule has 0 atom stereocenters. The van der Waals surface area contributed by atoms with Gasteiger partial charge in [-0.25, -0.2) is 0 Å². The van der Waals surface area contributed by atoms with Gasteiger partial charge in [0.05, 0.1) is 11.3 Å². The predicted octanol–water partition coefficient (Wildman–Crippen LogP) is 0.791. The van der Waals surface area contributed by atoms with Gasteiger partial charge < -0.3 is 10.6 Å². The average Bonchev–Trinajstić information content (AvgIpc) is 2.44. The Morgan fingerprint density at radius 3 is 2.56 bits per heavy atom. The lowest BCUT2D eigenvalue weighted by Crippen LogP contribution is -2.34. The third-order valence-electron chi connectivity index (χ3n) is 2.77. The zero-order chi connectivity index (χ0) is 11.9. The van der Waals surface area contributed by atoms with Crippen molar-refractivity contribution < 1.29 is 9.59 Å². The smallest absolute Gasteiger partial charge is 0.299 e. The van der Waals surface area contributed by atoms with E-state index in [9.17, 15) is 9.59 Å². The summed E-state index contributed by atoms with van der Waals surface area (Å²) in [5, 5.41) is 0. The molecule has 1 aromatic carbocycles. The van der Waals surface area contributed by atoms with Crippen LogP contribution in [0.25, 0.3) is 0 Å². The van der Waals surface area contributed by atoms with E-state index in [2.05, 4.69) is 0 Å². The predicted molar refractivity (Wildman–Crippen MR) is 61.7 cm³/mol. The number of carbonyl (C=O) groups excluding carboxylic acids is 2. The van der Waals surface area contributed by atoms with Crippen molar-refractivity contribution in [2.24, 2.45) is 5.73 Å². The molecule has 1 aliphatic rings. The van der Waals surface area contributed by atoms with Crippen LogP contribution in [0.4, 0.5) is 5.69 Å². The number of amides is 1. The second-order valence-electron chi connectivity index (χ2n) is 4.05. The lowest BCUT2D eigenvalue weighted by molar-refractivity contribution is -0.114. The summed E-state index contributed by atoms with van der Waals surface area (Å²) in [5.74, 6) is -0.880. The van der Waals surface area contributed by atoms with Crippen LogP contribution in [0, 0.1) is 13.8 Å². The first-order chi connectivity index (χ1) is 7.56. The number of aryl methyl sites for hydroxylation is 2. The van der Waals surface area contributed by atoms with Crippen LogP contribution in [0.2, 0.25) is 0 Å². The SMILES string of the molecule is Cc1cc(C)c2c(c1)N(CCN)C(=O)C2=O. The Kier molecular flexibility index (Phi) is 2.52. The number of fused-ring (bicyclic) bond motifs is 1. The van der Waals surface area contributed by atoms with Crippen LogP contribution >= 0.6 is 0 Å². The maximum Gasteiger partial charge on any atom is 0.299 e. The van der Waals surface area contributed by atoms with Crippen molar-refractivity contribution in [1.29, 1.82) is 0 Å². The Bertz CT molecular complexity index is 480. The summed E-state index contributed by atoms with van der Waals surface area (Å²) in [4.78, 5) is 25.0. The molecule has 4 nitrogen and oxygen atoms in total. The monoisotopic (exact) mass is 218 g/mol. The van der Waals surface area contributed by atoms with Crippen molar-refractivity contribution in [1.82, 2.24) is 0 Å². The summed E-state index contributed by atoms with van der Waals surface area (Å²) in [6.07, 6.45) is 0. The zero-order valence-corrected chi connectivity index (χ0v) is 9.41. The Balaban J connectivity index is 2.60. The molecule has 0 fully saturated rings. The van der Waals surface area contributed by atoms with E-state index in [1.54, 1.807) is 0 Å². The van der Waals surface area contributed by atoms with Gasteiger partial charge in [-0.2, -0.15) is 0 Å². The van der Waals surface area contributed by atoms with Crippen molar-refractivity contribution >= 4 is 17.4 Å². The van der Waals surface area contributed by atoms with Crippen molar-refractivity contribution in [3.63, 3.8) is 0 Å². The minimum atomic E-state index is -0.464. The molecule has 1 amide bonds. The van der Waals surface area contributed by atoms with Gasteiger partial charge in [-0.05, 0) is 31.0 Å². The molecule has 84 valence electrons. The first-order valence-corrected chi connectivity index (χ1v) is 5.23. The summed E-state index contributed by atoms with van der Waals surface area (Å²) in [5.41, 5.74) is 8.58. The number of benzene rings is 1. The van der Waals surface area contributed by atoms with Crippen molar-refractivity contribution in [2.75, 3.05) is 18.0 Å². The largest absolute Gasteiger partial charge is 0.329 e. The highest BCUT2D eigenvalue weighted by Crippen LogP contribution is 2.32. The Labute approximate surface area is 94.0 Å². The second-order valence-corrected chi connectivity index (χ2v) is 4.05. The Morgan fingerprint density at radius 2 is 1.94 bits per heavy atom. The highest BCUT2D eigenvalue weighted by molar-refractivity contribution is 6.52. The fourth-order valence-electron chi connectivity index (χ4n) is 2.14. The molecule has 2 rings (SSSR count). The van der Waals surface area contributed by atoms with Crippen molar-refractivity contribution in [2.45, 2.75) is 13.8 Å². The van der Waals surface area contributed by atoms with Crippen molar-refractivity contribution in [3.8, 4) is 0 Å². The number of carbonyl (C=O) groups is 2. The lowest BCUT2D eigenvalue weighted by atomic mass is 10.0. The minimum absolute atomic E-state index is 0.353. The van der Waals surface area contributed by atoms with E-state index in [1.165, 1.54) is 4.90 Å². The molecular weight excluding hydrogens is 204 g/mol. The topological polar surface area (TPSA) is 63.4 Å². The molecule has 1 aromatic rings. The molecule has 2 N–H and O–H groups in total. The Morgan fingerprint density at radius 1 is 1.25 bits per heavy atom. The molecule has 4 heteroatoms. The quantitative estimate of drug-likeness (QED) is 0.746. The number of nitrogens with two attached hydrogens (primary N) is 1. The van der Waals surface area contributed by atoms with E-state index in [4.69, 9.17) is 5.73 Å². The third-order valence-corrected chi connectivity index (χ3v) is 2.77. The van der Waals surface area contributed by atoms with Crippen LogP contribution in [-0.4, -0.2) is 24.8 Å². The number of nitrogens with zero attached hydrogens (tertiary/aromatic N) is 1. The van der Waals surface area contributed by atoms with Gasteiger partial charge in [0.25, 0.3) is 11.7 Å². The summed E-state index contributed by atoms with van der Waals surface area (Å²) in [7, 11) is 0. The second kappa shape index (κ2) is 3.72. The minimum Gasteiger partial charge on any atom is -0.329 e. The molecule has 0 saturated heterocycles. The van der Waals surface area contributed by atoms with Crippen LogP contribution in [-0.2, 0) is 4.79 Å². The number of rotatable bonds is 2. The van der Waals surface area contributed by atoms with Gasteiger partial charge in [0.15, 0.2) is 0 Å². The molecule has 0 bridgehead atoms. The van der Waals surface area contributed by atoms with E-state index >= 15 is 0 Å². The number of hydrogen-bond donors (Lipinski definition) is 1. The van der Waals surface area contributed by atoms with Crippen LogP contribution in [0.1, 0.15) is 21.5 Å². The molecule has 0 radical (unpaired) electrons. The first-order valence-electron chi connectivity index (χ1n) is 5.23. The molecule has 0 saturated carbocycles. The summed E-state index contributed by atoms with van der Waals surface area (Å²) in [6, 6.07) is 3.77. The van der Waals surface area contributed by atoms with Gasteiger partial charge in [0.2, 0.25) is 0 Å². The van der Waals surface area contributed by atoms with Gasteiger partial charge in [0, 0.05) is 13.1 Å². The fraction of sp³-hybridized carbons (Fsp3) is 0.333. The molecule has 0 unspecified atom stereocenters.